The number of hydrogen-bond donors (Lipinski definition) is 4. The SMILES string of the molecule is CS[C@H]1O[C@@H](c2ccc(Cl)c(Cc3ccc(OCCN)cc3)c2)[C@H](O)[C@@H](O)[C@@H]1O. The molecule has 1 aliphatic rings. The summed E-state index contributed by atoms with van der Waals surface area (Å²) in [6.45, 7) is 0.927. The molecule has 0 aromatic heterocycles. The van der Waals surface area contributed by atoms with E-state index in [0.717, 1.165) is 16.9 Å². The molecule has 1 fully saturated rings. The Morgan fingerprint density at radius 3 is 2.45 bits per heavy atom. The second-order valence-electron chi connectivity index (χ2n) is 6.94. The Hall–Kier alpha value is -1.32. The predicted octanol–water partition coefficient (Wildman–Crippen LogP) is 2.11. The molecule has 6 nitrogen and oxygen atoms in total. The van der Waals surface area contributed by atoms with Crippen molar-refractivity contribution < 1.29 is 24.8 Å². The van der Waals surface area contributed by atoms with E-state index in [-0.39, 0.29) is 0 Å². The molecule has 158 valence electrons. The lowest BCUT2D eigenvalue weighted by Gasteiger charge is -2.40. The number of halogens is 1. The summed E-state index contributed by atoms with van der Waals surface area (Å²) in [5, 5.41) is 31.3. The monoisotopic (exact) mass is 439 g/mol. The Kier molecular flexibility index (Phi) is 7.81. The highest BCUT2D eigenvalue weighted by atomic mass is 35.5. The predicted molar refractivity (Wildman–Crippen MR) is 114 cm³/mol. The Morgan fingerprint density at radius 1 is 1.07 bits per heavy atom. The van der Waals surface area contributed by atoms with Crippen LogP contribution in [0.25, 0.3) is 0 Å². The molecule has 0 aliphatic carbocycles. The van der Waals surface area contributed by atoms with Gasteiger partial charge in [0.1, 0.15) is 42.2 Å². The summed E-state index contributed by atoms with van der Waals surface area (Å²) in [6, 6.07) is 13.1. The van der Waals surface area contributed by atoms with Gasteiger partial charge in [-0.25, -0.2) is 0 Å². The van der Waals surface area contributed by atoms with Crippen LogP contribution in [0.3, 0.4) is 0 Å². The minimum absolute atomic E-state index is 0.461. The largest absolute Gasteiger partial charge is 0.492 e. The first-order valence-electron chi connectivity index (χ1n) is 9.37. The Morgan fingerprint density at radius 2 is 1.79 bits per heavy atom. The molecule has 0 amide bonds. The van der Waals surface area contributed by atoms with Crippen LogP contribution in [0.1, 0.15) is 22.8 Å². The molecule has 2 aromatic carbocycles. The number of rotatable bonds is 7. The Labute approximate surface area is 179 Å². The number of thioether (sulfide) groups is 1. The zero-order valence-electron chi connectivity index (χ0n) is 16.1. The van der Waals surface area contributed by atoms with Crippen molar-refractivity contribution >= 4 is 23.4 Å². The Bertz CT molecular complexity index is 804. The lowest BCUT2D eigenvalue weighted by molar-refractivity contribution is -0.200. The number of ether oxygens (including phenoxy) is 2. The number of aliphatic hydroxyl groups is 3. The molecular formula is C21H26ClNO5S. The van der Waals surface area contributed by atoms with Gasteiger partial charge in [0.25, 0.3) is 0 Å². The third-order valence-corrected chi connectivity index (χ3v) is 6.13. The molecule has 1 saturated heterocycles. The van der Waals surface area contributed by atoms with E-state index in [1.54, 1.807) is 18.4 Å². The quantitative estimate of drug-likeness (QED) is 0.523. The lowest BCUT2D eigenvalue weighted by atomic mass is 9.92. The van der Waals surface area contributed by atoms with Crippen LogP contribution in [0.2, 0.25) is 5.02 Å². The van der Waals surface area contributed by atoms with E-state index < -0.39 is 29.9 Å². The van der Waals surface area contributed by atoms with Crippen LogP contribution in [-0.4, -0.2) is 58.5 Å². The first-order valence-corrected chi connectivity index (χ1v) is 11.0. The van der Waals surface area contributed by atoms with Crippen LogP contribution in [0.5, 0.6) is 5.75 Å². The van der Waals surface area contributed by atoms with Crippen LogP contribution in [0.15, 0.2) is 42.5 Å². The third-order valence-electron chi connectivity index (χ3n) is 4.90. The molecule has 0 radical (unpaired) electrons. The molecule has 29 heavy (non-hydrogen) atoms. The van der Waals surface area contributed by atoms with Gasteiger partial charge in [-0.15, -0.1) is 11.8 Å². The molecule has 0 unspecified atom stereocenters. The number of benzene rings is 2. The molecule has 5 atom stereocenters. The molecule has 1 aliphatic heterocycles. The second-order valence-corrected chi connectivity index (χ2v) is 8.28. The minimum atomic E-state index is -1.29. The van der Waals surface area contributed by atoms with Crippen LogP contribution < -0.4 is 10.5 Å². The van der Waals surface area contributed by atoms with Crippen molar-refractivity contribution in [1.82, 2.24) is 0 Å². The Balaban J connectivity index is 1.79. The van der Waals surface area contributed by atoms with Gasteiger partial charge < -0.3 is 30.5 Å². The first kappa shape index (κ1) is 22.4. The van der Waals surface area contributed by atoms with Crippen LogP contribution in [0.4, 0.5) is 0 Å². The van der Waals surface area contributed by atoms with Crippen molar-refractivity contribution in [3.05, 3.63) is 64.2 Å². The summed E-state index contributed by atoms with van der Waals surface area (Å²) >= 11 is 7.68. The average molecular weight is 440 g/mol. The summed E-state index contributed by atoms with van der Waals surface area (Å²) in [5.41, 5.74) is 7.44. The van der Waals surface area contributed by atoms with Crippen molar-refractivity contribution in [3.8, 4) is 5.75 Å². The van der Waals surface area contributed by atoms with Gasteiger partial charge in [-0.2, -0.15) is 0 Å². The van der Waals surface area contributed by atoms with Gasteiger partial charge in [0.15, 0.2) is 0 Å². The van der Waals surface area contributed by atoms with E-state index in [0.29, 0.717) is 30.2 Å². The van der Waals surface area contributed by atoms with Gasteiger partial charge in [0, 0.05) is 11.6 Å². The summed E-state index contributed by atoms with van der Waals surface area (Å²) < 4.78 is 11.3. The smallest absolute Gasteiger partial charge is 0.132 e. The van der Waals surface area contributed by atoms with E-state index in [1.165, 1.54) is 11.8 Å². The number of hydrogen-bond acceptors (Lipinski definition) is 7. The van der Waals surface area contributed by atoms with E-state index in [9.17, 15) is 15.3 Å². The van der Waals surface area contributed by atoms with Gasteiger partial charge in [0.05, 0.1) is 0 Å². The maximum Gasteiger partial charge on any atom is 0.132 e. The van der Waals surface area contributed by atoms with Gasteiger partial charge >= 0.3 is 0 Å². The van der Waals surface area contributed by atoms with Gasteiger partial charge in [0.2, 0.25) is 0 Å². The molecular weight excluding hydrogens is 414 g/mol. The first-order chi connectivity index (χ1) is 13.9. The minimum Gasteiger partial charge on any atom is -0.492 e. The van der Waals surface area contributed by atoms with E-state index in [2.05, 4.69) is 0 Å². The van der Waals surface area contributed by atoms with Crippen molar-refractivity contribution in [1.29, 1.82) is 0 Å². The number of aliphatic hydroxyl groups excluding tert-OH is 3. The molecule has 2 aromatic rings. The van der Waals surface area contributed by atoms with Crippen LogP contribution >= 0.6 is 23.4 Å². The van der Waals surface area contributed by atoms with Crippen molar-refractivity contribution in [2.24, 2.45) is 5.73 Å². The lowest BCUT2D eigenvalue weighted by Crippen LogP contribution is -2.52. The molecule has 1 heterocycles. The van der Waals surface area contributed by atoms with E-state index >= 15 is 0 Å². The normalized spacial score (nSPS) is 27.0. The zero-order valence-corrected chi connectivity index (χ0v) is 17.6. The van der Waals surface area contributed by atoms with E-state index in [1.807, 2.05) is 30.3 Å². The molecule has 0 bridgehead atoms. The topological polar surface area (TPSA) is 105 Å². The maximum atomic E-state index is 10.4. The van der Waals surface area contributed by atoms with Crippen LogP contribution in [0, 0.1) is 0 Å². The van der Waals surface area contributed by atoms with E-state index in [4.69, 9.17) is 26.8 Å². The van der Waals surface area contributed by atoms with Gasteiger partial charge in [-0.1, -0.05) is 35.9 Å². The fourth-order valence-corrected chi connectivity index (χ4v) is 4.18. The summed E-state index contributed by atoms with van der Waals surface area (Å²) in [7, 11) is 0. The van der Waals surface area contributed by atoms with Crippen LogP contribution in [-0.2, 0) is 11.2 Å². The van der Waals surface area contributed by atoms with Gasteiger partial charge in [-0.05, 0) is 47.6 Å². The molecule has 5 N–H and O–H groups in total. The maximum absolute atomic E-state index is 10.4. The summed E-state index contributed by atoms with van der Waals surface area (Å²) in [5.74, 6) is 0.758. The molecule has 0 saturated carbocycles. The highest BCUT2D eigenvalue weighted by Crippen LogP contribution is 2.37. The summed E-state index contributed by atoms with van der Waals surface area (Å²) in [6.07, 6.45) is -2.06. The third kappa shape index (κ3) is 5.24. The second kappa shape index (κ2) is 10.1. The van der Waals surface area contributed by atoms with Gasteiger partial charge in [-0.3, -0.25) is 0 Å². The standard InChI is InChI=1S/C21H26ClNO5S/c1-29-21-19(26)17(24)18(25)20(28-21)13-4-7-16(22)14(11-13)10-12-2-5-15(6-3-12)27-9-8-23/h2-7,11,17-21,24-26H,8-10,23H2,1H3/t17-,18-,19+,20+,21-/m1/s1. The molecule has 3 rings (SSSR count). The zero-order chi connectivity index (χ0) is 21.0. The highest BCUT2D eigenvalue weighted by molar-refractivity contribution is 7.99. The molecule has 0 spiro atoms. The van der Waals surface area contributed by atoms with Crippen molar-refractivity contribution in [2.75, 3.05) is 19.4 Å². The molecule has 8 heteroatoms. The van der Waals surface area contributed by atoms with Crippen molar-refractivity contribution in [3.63, 3.8) is 0 Å². The average Bonchev–Trinajstić information content (AvgIpc) is 2.73. The number of nitrogens with two attached hydrogens (primary N) is 1. The summed E-state index contributed by atoms with van der Waals surface area (Å²) in [4.78, 5) is 0. The fraction of sp³-hybridized carbons (Fsp3) is 0.429. The highest BCUT2D eigenvalue weighted by Gasteiger charge is 2.44. The van der Waals surface area contributed by atoms with Crippen molar-refractivity contribution in [2.45, 2.75) is 36.3 Å². The fourth-order valence-electron chi connectivity index (χ4n) is 3.33.